The van der Waals surface area contributed by atoms with Crippen molar-refractivity contribution in [1.29, 1.82) is 0 Å². The van der Waals surface area contributed by atoms with Crippen LogP contribution in [0.5, 0.6) is 0 Å². The van der Waals surface area contributed by atoms with Crippen LogP contribution in [0, 0.1) is 0 Å². The van der Waals surface area contributed by atoms with Gasteiger partial charge in [0.15, 0.2) is 0 Å². The van der Waals surface area contributed by atoms with Gasteiger partial charge in [0, 0.05) is 31.1 Å². The maximum Gasteiger partial charge on any atom is 0.277 e. The number of carbonyl (C=O) groups is 2. The van der Waals surface area contributed by atoms with Crippen molar-refractivity contribution in [2.45, 2.75) is 52.4 Å². The van der Waals surface area contributed by atoms with E-state index in [4.69, 9.17) is 9.47 Å². The summed E-state index contributed by atoms with van der Waals surface area (Å²) < 4.78 is 11.4. The summed E-state index contributed by atoms with van der Waals surface area (Å²) >= 11 is 1.49. The highest BCUT2D eigenvalue weighted by Crippen LogP contribution is 2.35. The second-order valence-corrected chi connectivity index (χ2v) is 8.35. The molecule has 2 unspecified atom stereocenters. The van der Waals surface area contributed by atoms with Crippen LogP contribution in [0.2, 0.25) is 0 Å². The highest BCUT2D eigenvalue weighted by molar-refractivity contribution is 7.11. The van der Waals surface area contributed by atoms with Crippen LogP contribution in [0.4, 0.5) is 0 Å². The monoisotopic (exact) mass is 392 g/mol. The fourth-order valence-corrected chi connectivity index (χ4v) is 4.37. The third-order valence-electron chi connectivity index (χ3n) is 4.62. The largest absolute Gasteiger partial charge is 0.379 e. The average Bonchev–Trinajstić information content (AvgIpc) is 3.18. The predicted molar refractivity (Wildman–Crippen MR) is 105 cm³/mol. The Balaban J connectivity index is 1.84. The number of carbonyl (C=O) groups excluding carboxylic acids is 2. The van der Waals surface area contributed by atoms with Crippen LogP contribution in [-0.4, -0.2) is 66.2 Å². The number of hydrogen-bond donors (Lipinski definition) is 0. The van der Waals surface area contributed by atoms with E-state index in [0.29, 0.717) is 43.9 Å². The molecule has 2 aliphatic rings. The van der Waals surface area contributed by atoms with Crippen molar-refractivity contribution in [2.75, 3.05) is 26.2 Å². The first-order valence-electron chi connectivity index (χ1n) is 9.54. The first-order chi connectivity index (χ1) is 12.9. The topological polar surface area (TPSA) is 59.1 Å². The van der Waals surface area contributed by atoms with E-state index < -0.39 is 0 Å². The molecule has 0 bridgehead atoms. The van der Waals surface area contributed by atoms with Gasteiger partial charge < -0.3 is 14.4 Å². The molecule has 1 aromatic heterocycles. The summed E-state index contributed by atoms with van der Waals surface area (Å²) in [5.41, 5.74) is 1.05. The molecule has 2 atom stereocenters. The van der Waals surface area contributed by atoms with Gasteiger partial charge in [-0.2, -0.15) is 0 Å². The van der Waals surface area contributed by atoms with E-state index in [1.54, 1.807) is 0 Å². The maximum atomic E-state index is 13.2. The summed E-state index contributed by atoms with van der Waals surface area (Å²) in [6, 6.07) is 3.82. The van der Waals surface area contributed by atoms with Gasteiger partial charge in [0.2, 0.25) is 0 Å². The summed E-state index contributed by atoms with van der Waals surface area (Å²) in [5.74, 6) is -0.400. The first-order valence-corrected chi connectivity index (χ1v) is 10.4. The lowest BCUT2D eigenvalue weighted by Crippen LogP contribution is -2.47. The van der Waals surface area contributed by atoms with E-state index in [1.165, 1.54) is 16.2 Å². The van der Waals surface area contributed by atoms with Crippen LogP contribution in [0.3, 0.4) is 0 Å². The van der Waals surface area contributed by atoms with Gasteiger partial charge in [-0.25, -0.2) is 0 Å². The summed E-state index contributed by atoms with van der Waals surface area (Å²) in [6.07, 6.45) is 0.808. The van der Waals surface area contributed by atoms with Gasteiger partial charge in [-0.15, -0.1) is 11.3 Å². The van der Waals surface area contributed by atoms with Crippen molar-refractivity contribution in [3.05, 3.63) is 28.1 Å². The van der Waals surface area contributed by atoms with Gasteiger partial charge in [0.25, 0.3) is 11.8 Å². The Hall–Kier alpha value is -1.70. The molecule has 0 saturated carbocycles. The maximum absolute atomic E-state index is 13.2. The molecule has 0 spiro atoms. The van der Waals surface area contributed by atoms with Crippen molar-refractivity contribution in [3.63, 3.8) is 0 Å². The van der Waals surface area contributed by atoms with Crippen molar-refractivity contribution >= 4 is 28.7 Å². The van der Waals surface area contributed by atoms with Crippen molar-refractivity contribution in [3.8, 4) is 0 Å². The van der Waals surface area contributed by atoms with E-state index >= 15 is 0 Å². The number of imide groups is 1. The van der Waals surface area contributed by atoms with Crippen molar-refractivity contribution in [1.82, 2.24) is 9.80 Å². The van der Waals surface area contributed by atoms with Gasteiger partial charge in [0.1, 0.15) is 5.70 Å². The Morgan fingerprint density at radius 3 is 2.52 bits per heavy atom. The lowest BCUT2D eigenvalue weighted by atomic mass is 10.1. The van der Waals surface area contributed by atoms with Gasteiger partial charge in [0.05, 0.1) is 23.9 Å². The minimum atomic E-state index is -0.200. The molecule has 148 valence electrons. The Kier molecular flexibility index (Phi) is 6.34. The fraction of sp³-hybridized carbons (Fsp3) is 0.600. The smallest absolute Gasteiger partial charge is 0.277 e. The number of rotatable bonds is 7. The van der Waals surface area contributed by atoms with Crippen LogP contribution < -0.4 is 0 Å². The summed E-state index contributed by atoms with van der Waals surface area (Å²) in [6.45, 7) is 10.1. The summed E-state index contributed by atoms with van der Waals surface area (Å²) in [5, 5.41) is 1.93. The second kappa shape index (κ2) is 8.54. The zero-order chi connectivity index (χ0) is 19.6. The van der Waals surface area contributed by atoms with Crippen LogP contribution in [0.25, 0.3) is 5.57 Å². The second-order valence-electron chi connectivity index (χ2n) is 7.40. The van der Waals surface area contributed by atoms with Gasteiger partial charge >= 0.3 is 0 Å². The molecule has 0 radical (unpaired) electrons. The van der Waals surface area contributed by atoms with Crippen LogP contribution in [-0.2, 0) is 19.1 Å². The van der Waals surface area contributed by atoms with E-state index in [0.717, 1.165) is 4.88 Å². The Bertz CT molecular complexity index is 704. The van der Waals surface area contributed by atoms with E-state index in [-0.39, 0.29) is 30.1 Å². The molecule has 1 aromatic rings. The highest BCUT2D eigenvalue weighted by atomic mass is 32.1. The van der Waals surface area contributed by atoms with Gasteiger partial charge in [-0.3, -0.25) is 14.5 Å². The van der Waals surface area contributed by atoms with Crippen molar-refractivity contribution < 1.29 is 19.1 Å². The zero-order valence-corrected chi connectivity index (χ0v) is 17.3. The highest BCUT2D eigenvalue weighted by Gasteiger charge is 2.43. The lowest BCUT2D eigenvalue weighted by molar-refractivity contribution is -0.138. The molecule has 7 heteroatoms. The number of nitrogens with zero attached hydrogens (tertiary/aromatic N) is 2. The third-order valence-corrected chi connectivity index (χ3v) is 5.51. The first kappa shape index (κ1) is 20.0. The molecule has 3 heterocycles. The molecule has 0 N–H and O–H groups in total. The zero-order valence-electron chi connectivity index (χ0n) is 16.4. The Labute approximate surface area is 164 Å². The third kappa shape index (κ3) is 4.42. The molecular formula is C20H28N2O4S. The molecule has 0 aliphatic carbocycles. The fourth-order valence-electron chi connectivity index (χ4n) is 3.60. The Morgan fingerprint density at radius 2 is 1.93 bits per heavy atom. The molecule has 3 rings (SSSR count). The van der Waals surface area contributed by atoms with E-state index in [9.17, 15) is 9.59 Å². The van der Waals surface area contributed by atoms with Gasteiger partial charge in [-0.05, 0) is 45.6 Å². The molecule has 6 nitrogen and oxygen atoms in total. The standard InChI is InChI=1S/C20H28N2O4S/c1-13(2)25-9-6-8-22-19(23)17(16-7-5-10-27-16)18(20(22)24)21-11-14(3)26-15(4)12-21/h5,7,10,13-15H,6,8-9,11-12H2,1-4H3. The van der Waals surface area contributed by atoms with E-state index in [1.807, 2.05) is 50.1 Å². The molecule has 2 aliphatic heterocycles. The summed E-state index contributed by atoms with van der Waals surface area (Å²) in [4.78, 5) is 30.5. The SMILES string of the molecule is CC(C)OCCCN1C(=O)C(c2cccs2)=C(N2CC(C)OC(C)C2)C1=O. The minimum absolute atomic E-state index is 0.0160. The number of thiophene rings is 1. The normalized spacial score (nSPS) is 23.9. The summed E-state index contributed by atoms with van der Waals surface area (Å²) in [7, 11) is 0. The average molecular weight is 393 g/mol. The molecule has 0 aromatic carbocycles. The van der Waals surface area contributed by atoms with Crippen LogP contribution in [0.15, 0.2) is 23.2 Å². The van der Waals surface area contributed by atoms with Crippen LogP contribution >= 0.6 is 11.3 Å². The molecule has 2 amide bonds. The lowest BCUT2D eigenvalue weighted by Gasteiger charge is -2.37. The van der Waals surface area contributed by atoms with Gasteiger partial charge in [-0.1, -0.05) is 6.07 Å². The molecular weight excluding hydrogens is 364 g/mol. The number of amides is 2. The van der Waals surface area contributed by atoms with Crippen molar-refractivity contribution in [2.24, 2.45) is 0 Å². The number of hydrogen-bond acceptors (Lipinski definition) is 6. The van der Waals surface area contributed by atoms with E-state index in [2.05, 4.69) is 0 Å². The molecule has 27 heavy (non-hydrogen) atoms. The number of ether oxygens (including phenoxy) is 2. The minimum Gasteiger partial charge on any atom is -0.379 e. The number of morpholine rings is 1. The Morgan fingerprint density at radius 1 is 1.22 bits per heavy atom. The molecule has 1 saturated heterocycles. The molecule has 1 fully saturated rings. The predicted octanol–water partition coefficient (Wildman–Crippen LogP) is 2.75. The van der Waals surface area contributed by atoms with Crippen LogP contribution in [0.1, 0.15) is 39.0 Å². The quantitative estimate of drug-likeness (QED) is 0.528.